The Bertz CT molecular complexity index is 1340. The number of nitrogens with zero attached hydrogens (tertiary/aromatic N) is 5. The van der Waals surface area contributed by atoms with Crippen LogP contribution in [0.4, 0.5) is 14.6 Å². The third kappa shape index (κ3) is 4.56. The Morgan fingerprint density at radius 1 is 1.12 bits per heavy atom. The summed E-state index contributed by atoms with van der Waals surface area (Å²) in [4.78, 5) is 23.7. The number of carbonyl (C=O) groups excluding carboxylic acids is 1. The number of hydrogen-bond acceptors (Lipinski definition) is 5. The lowest BCUT2D eigenvalue weighted by Gasteiger charge is -2.33. The molecule has 174 valence electrons. The largest absolute Gasteiger partial charge is 0.355 e. The fraction of sp³-hybridized carbons (Fsp3) is 0.250. The van der Waals surface area contributed by atoms with Crippen LogP contribution in [0.25, 0.3) is 16.7 Å². The molecule has 0 radical (unpaired) electrons. The van der Waals surface area contributed by atoms with E-state index in [9.17, 15) is 13.6 Å². The van der Waals surface area contributed by atoms with Crippen molar-refractivity contribution in [3.8, 4) is 5.69 Å². The van der Waals surface area contributed by atoms with Crippen molar-refractivity contribution in [2.45, 2.75) is 19.4 Å². The van der Waals surface area contributed by atoms with E-state index in [2.05, 4.69) is 25.3 Å². The minimum atomic E-state index is -0.415. The molecule has 7 nitrogen and oxygen atoms in total. The normalized spacial score (nSPS) is 16.1. The predicted octanol–water partition coefficient (Wildman–Crippen LogP) is 4.28. The maximum atomic E-state index is 13.3. The van der Waals surface area contributed by atoms with Gasteiger partial charge < -0.3 is 10.2 Å². The van der Waals surface area contributed by atoms with E-state index in [1.807, 2.05) is 6.20 Å². The van der Waals surface area contributed by atoms with Gasteiger partial charge in [-0.15, -0.1) is 5.10 Å². The first-order valence-corrected chi connectivity index (χ1v) is 11.3. The maximum Gasteiger partial charge on any atom is 0.225 e. The van der Waals surface area contributed by atoms with E-state index in [1.54, 1.807) is 22.9 Å². The number of carbonyl (C=O) groups is 1. The Morgan fingerprint density at radius 2 is 1.91 bits per heavy atom. The lowest BCUT2D eigenvalue weighted by molar-refractivity contribution is -0.125. The number of rotatable bonds is 5. The molecule has 0 bridgehead atoms. The molecule has 1 unspecified atom stereocenters. The molecule has 1 aliphatic rings. The molecule has 0 aliphatic carbocycles. The van der Waals surface area contributed by atoms with Gasteiger partial charge in [0.05, 0.1) is 17.0 Å². The van der Waals surface area contributed by atoms with E-state index in [-0.39, 0.29) is 29.2 Å². The topological polar surface area (TPSA) is 75.9 Å². The van der Waals surface area contributed by atoms with Gasteiger partial charge in [-0.1, -0.05) is 17.7 Å². The molecule has 0 spiro atoms. The second-order valence-corrected chi connectivity index (χ2v) is 8.63. The second-order valence-electron chi connectivity index (χ2n) is 8.22. The van der Waals surface area contributed by atoms with Gasteiger partial charge in [-0.25, -0.2) is 23.4 Å². The number of amides is 1. The van der Waals surface area contributed by atoms with Crippen LogP contribution < -0.4 is 10.2 Å². The first-order chi connectivity index (χ1) is 16.5. The maximum absolute atomic E-state index is 13.3. The van der Waals surface area contributed by atoms with Crippen LogP contribution in [0.5, 0.6) is 0 Å². The summed E-state index contributed by atoms with van der Waals surface area (Å²) in [5.41, 5.74) is 1.89. The fourth-order valence-corrected chi connectivity index (χ4v) is 4.41. The highest BCUT2D eigenvalue weighted by molar-refractivity contribution is 6.31. The highest BCUT2D eigenvalue weighted by atomic mass is 35.5. The van der Waals surface area contributed by atoms with Gasteiger partial charge >= 0.3 is 0 Å². The molecule has 2 aromatic heterocycles. The molecular weight excluding hydrogens is 462 g/mol. The number of halogens is 3. The zero-order valence-corrected chi connectivity index (χ0v) is 18.8. The van der Waals surface area contributed by atoms with Crippen LogP contribution in [0.1, 0.15) is 18.4 Å². The standard InChI is InChI=1S/C24H21ClF2N6O/c25-21-10-18(27)4-3-15(21)11-28-24(34)16-2-1-9-32(12-16)23-20-13-33(31-22(20)29-14-30-23)19-7-5-17(26)6-8-19/h3-8,10,13-14,16H,1-2,9,11-12H2,(H,28,34). The van der Waals surface area contributed by atoms with Crippen molar-refractivity contribution in [1.82, 2.24) is 25.1 Å². The molecule has 1 N–H and O–H groups in total. The SMILES string of the molecule is O=C(NCc1ccc(F)cc1Cl)C1CCCN(c2ncnc3nn(-c4ccc(F)cc4)cc23)C1. The van der Waals surface area contributed by atoms with Crippen molar-refractivity contribution in [2.75, 3.05) is 18.0 Å². The monoisotopic (exact) mass is 482 g/mol. The summed E-state index contributed by atoms with van der Waals surface area (Å²) >= 11 is 6.07. The minimum Gasteiger partial charge on any atom is -0.355 e. The lowest BCUT2D eigenvalue weighted by atomic mass is 9.97. The molecule has 1 amide bonds. The van der Waals surface area contributed by atoms with Gasteiger partial charge in [-0.3, -0.25) is 4.79 Å². The van der Waals surface area contributed by atoms with E-state index in [0.717, 1.165) is 24.8 Å². The molecule has 10 heteroatoms. The third-order valence-corrected chi connectivity index (χ3v) is 6.30. The van der Waals surface area contributed by atoms with Crippen LogP contribution in [0.15, 0.2) is 55.0 Å². The third-order valence-electron chi connectivity index (χ3n) is 5.95. The number of nitrogens with one attached hydrogen (secondary N) is 1. The summed E-state index contributed by atoms with van der Waals surface area (Å²) in [6, 6.07) is 10.2. The molecule has 1 saturated heterocycles. The summed E-state index contributed by atoms with van der Waals surface area (Å²) in [5.74, 6) is -0.345. The predicted molar refractivity (Wildman–Crippen MR) is 125 cm³/mol. The van der Waals surface area contributed by atoms with Crippen LogP contribution in [-0.4, -0.2) is 38.7 Å². The van der Waals surface area contributed by atoms with Crippen LogP contribution >= 0.6 is 11.6 Å². The van der Waals surface area contributed by atoms with E-state index < -0.39 is 5.82 Å². The zero-order chi connectivity index (χ0) is 23.7. The summed E-state index contributed by atoms with van der Waals surface area (Å²) in [6.45, 7) is 1.48. The van der Waals surface area contributed by atoms with Crippen molar-refractivity contribution < 1.29 is 13.6 Å². The Hall–Kier alpha value is -3.59. The Morgan fingerprint density at radius 3 is 2.71 bits per heavy atom. The van der Waals surface area contributed by atoms with Crippen LogP contribution in [0.2, 0.25) is 5.02 Å². The number of fused-ring (bicyclic) bond motifs is 1. The summed E-state index contributed by atoms with van der Waals surface area (Å²) in [7, 11) is 0. The van der Waals surface area contributed by atoms with E-state index in [1.165, 1.54) is 30.6 Å². The van der Waals surface area contributed by atoms with Gasteiger partial charge in [0.15, 0.2) is 5.65 Å². The number of aromatic nitrogens is 4. The van der Waals surface area contributed by atoms with Gasteiger partial charge in [-0.2, -0.15) is 0 Å². The molecule has 34 heavy (non-hydrogen) atoms. The molecule has 1 atom stereocenters. The molecular formula is C24H21ClF2N6O. The number of hydrogen-bond donors (Lipinski definition) is 1. The van der Waals surface area contributed by atoms with Crippen LogP contribution in [-0.2, 0) is 11.3 Å². The average Bonchev–Trinajstić information content (AvgIpc) is 3.28. The second kappa shape index (κ2) is 9.34. The van der Waals surface area contributed by atoms with E-state index in [0.29, 0.717) is 29.3 Å². The van der Waals surface area contributed by atoms with Gasteiger partial charge in [0, 0.05) is 30.9 Å². The Kier molecular flexibility index (Phi) is 6.10. The summed E-state index contributed by atoms with van der Waals surface area (Å²) in [5, 5.41) is 8.45. The van der Waals surface area contributed by atoms with Crippen molar-refractivity contribution in [3.05, 3.63) is 77.2 Å². The Balaban J connectivity index is 1.32. The number of benzene rings is 2. The highest BCUT2D eigenvalue weighted by Crippen LogP contribution is 2.28. The van der Waals surface area contributed by atoms with Crippen molar-refractivity contribution in [1.29, 1.82) is 0 Å². The first-order valence-electron chi connectivity index (χ1n) is 10.9. The van der Waals surface area contributed by atoms with Crippen molar-refractivity contribution >= 4 is 34.4 Å². The van der Waals surface area contributed by atoms with Crippen molar-refractivity contribution in [3.63, 3.8) is 0 Å². The highest BCUT2D eigenvalue weighted by Gasteiger charge is 2.28. The lowest BCUT2D eigenvalue weighted by Crippen LogP contribution is -2.43. The van der Waals surface area contributed by atoms with Gasteiger partial charge in [0.25, 0.3) is 0 Å². The zero-order valence-electron chi connectivity index (χ0n) is 18.1. The van der Waals surface area contributed by atoms with E-state index in [4.69, 9.17) is 11.6 Å². The van der Waals surface area contributed by atoms with Gasteiger partial charge in [0.2, 0.25) is 5.91 Å². The first kappa shape index (κ1) is 22.2. The molecule has 0 saturated carbocycles. The minimum absolute atomic E-state index is 0.0857. The summed E-state index contributed by atoms with van der Waals surface area (Å²) in [6.07, 6.45) is 4.85. The molecule has 3 heterocycles. The quantitative estimate of drug-likeness (QED) is 0.459. The molecule has 1 aliphatic heterocycles. The number of anilines is 1. The van der Waals surface area contributed by atoms with Crippen LogP contribution in [0.3, 0.4) is 0 Å². The van der Waals surface area contributed by atoms with Gasteiger partial charge in [-0.05, 0) is 54.8 Å². The molecule has 1 fully saturated rings. The average molecular weight is 483 g/mol. The molecule has 2 aromatic carbocycles. The summed E-state index contributed by atoms with van der Waals surface area (Å²) < 4.78 is 28.2. The van der Waals surface area contributed by atoms with Crippen LogP contribution in [0, 0.1) is 17.6 Å². The van der Waals surface area contributed by atoms with Crippen molar-refractivity contribution in [2.24, 2.45) is 5.92 Å². The van der Waals surface area contributed by atoms with E-state index >= 15 is 0 Å². The molecule has 5 rings (SSSR count). The Labute approximate surface area is 199 Å². The smallest absolute Gasteiger partial charge is 0.225 e. The molecule has 4 aromatic rings. The number of piperidine rings is 1. The fourth-order valence-electron chi connectivity index (χ4n) is 4.18. The van der Waals surface area contributed by atoms with Gasteiger partial charge in [0.1, 0.15) is 23.8 Å².